The summed E-state index contributed by atoms with van der Waals surface area (Å²) in [6.45, 7) is 9.00. The SMILES string of the molecule is CN1CCN(C[C@@H]2CN(Cc3cccc(-c4ccco4)c3)C[C@@H]2CO)CC1. The fraction of sp³-hybridized carbons (Fsp3) is 0.545. The molecule has 1 aromatic carbocycles. The normalized spacial score (nSPS) is 25.3. The molecule has 0 amide bonds. The molecule has 0 unspecified atom stereocenters. The van der Waals surface area contributed by atoms with Gasteiger partial charge in [0.05, 0.1) is 6.26 Å². The predicted octanol–water partition coefficient (Wildman–Crippen LogP) is 2.23. The average molecular weight is 370 g/mol. The van der Waals surface area contributed by atoms with Crippen LogP contribution in [-0.4, -0.2) is 79.3 Å². The number of nitrogens with zero attached hydrogens (tertiary/aromatic N) is 3. The van der Waals surface area contributed by atoms with Crippen LogP contribution < -0.4 is 0 Å². The summed E-state index contributed by atoms with van der Waals surface area (Å²) in [5.74, 6) is 1.86. The number of aliphatic hydroxyl groups is 1. The van der Waals surface area contributed by atoms with Gasteiger partial charge in [0, 0.05) is 64.5 Å². The summed E-state index contributed by atoms with van der Waals surface area (Å²) in [6.07, 6.45) is 1.72. The molecule has 2 aliphatic rings. The van der Waals surface area contributed by atoms with Crippen LogP contribution in [0.15, 0.2) is 47.1 Å². The van der Waals surface area contributed by atoms with E-state index in [0.717, 1.165) is 63.7 Å². The molecule has 2 aliphatic heterocycles. The van der Waals surface area contributed by atoms with Crippen molar-refractivity contribution in [2.45, 2.75) is 6.54 Å². The summed E-state index contributed by atoms with van der Waals surface area (Å²) in [5.41, 5.74) is 2.44. The van der Waals surface area contributed by atoms with Gasteiger partial charge in [-0.2, -0.15) is 0 Å². The van der Waals surface area contributed by atoms with E-state index in [1.807, 2.05) is 12.1 Å². The summed E-state index contributed by atoms with van der Waals surface area (Å²) in [4.78, 5) is 7.48. The molecule has 2 aromatic rings. The minimum Gasteiger partial charge on any atom is -0.464 e. The number of rotatable bonds is 6. The molecule has 0 bridgehead atoms. The molecule has 0 aliphatic carbocycles. The molecule has 2 fully saturated rings. The van der Waals surface area contributed by atoms with E-state index in [9.17, 15) is 5.11 Å². The van der Waals surface area contributed by atoms with Crippen LogP contribution in [-0.2, 0) is 6.54 Å². The first-order chi connectivity index (χ1) is 13.2. The van der Waals surface area contributed by atoms with Crippen molar-refractivity contribution in [2.24, 2.45) is 11.8 Å². The van der Waals surface area contributed by atoms with Crippen LogP contribution >= 0.6 is 0 Å². The zero-order valence-electron chi connectivity index (χ0n) is 16.3. The molecule has 27 heavy (non-hydrogen) atoms. The van der Waals surface area contributed by atoms with E-state index in [1.165, 1.54) is 5.56 Å². The highest BCUT2D eigenvalue weighted by Gasteiger charge is 2.33. The maximum atomic E-state index is 9.90. The molecule has 5 heteroatoms. The van der Waals surface area contributed by atoms with Gasteiger partial charge in [0.25, 0.3) is 0 Å². The van der Waals surface area contributed by atoms with E-state index in [4.69, 9.17) is 4.42 Å². The Labute approximate surface area is 162 Å². The highest BCUT2D eigenvalue weighted by Crippen LogP contribution is 2.27. The molecule has 0 saturated carbocycles. The lowest BCUT2D eigenvalue weighted by atomic mass is 9.96. The first-order valence-corrected chi connectivity index (χ1v) is 10.1. The van der Waals surface area contributed by atoms with Gasteiger partial charge in [-0.25, -0.2) is 0 Å². The van der Waals surface area contributed by atoms with Gasteiger partial charge in [0.15, 0.2) is 0 Å². The van der Waals surface area contributed by atoms with Crippen LogP contribution in [0.1, 0.15) is 5.56 Å². The van der Waals surface area contributed by atoms with Crippen molar-refractivity contribution in [2.75, 3.05) is 59.5 Å². The quantitative estimate of drug-likeness (QED) is 0.846. The van der Waals surface area contributed by atoms with Crippen molar-refractivity contribution in [1.82, 2.24) is 14.7 Å². The third kappa shape index (κ3) is 4.61. The Kier molecular flexibility index (Phi) is 5.93. The second-order valence-electron chi connectivity index (χ2n) is 8.18. The van der Waals surface area contributed by atoms with E-state index in [-0.39, 0.29) is 0 Å². The number of likely N-dealkylation sites (tertiary alicyclic amines) is 1. The van der Waals surface area contributed by atoms with Gasteiger partial charge in [0.1, 0.15) is 5.76 Å². The summed E-state index contributed by atoms with van der Waals surface area (Å²) >= 11 is 0. The van der Waals surface area contributed by atoms with E-state index < -0.39 is 0 Å². The Morgan fingerprint density at radius 3 is 2.56 bits per heavy atom. The Morgan fingerprint density at radius 2 is 1.81 bits per heavy atom. The second-order valence-corrected chi connectivity index (χ2v) is 8.18. The maximum absolute atomic E-state index is 9.90. The molecule has 1 aromatic heterocycles. The Hall–Kier alpha value is -1.66. The van der Waals surface area contributed by atoms with Gasteiger partial charge < -0.3 is 19.3 Å². The van der Waals surface area contributed by atoms with Crippen molar-refractivity contribution >= 4 is 0 Å². The van der Waals surface area contributed by atoms with E-state index >= 15 is 0 Å². The Balaban J connectivity index is 1.37. The van der Waals surface area contributed by atoms with Crippen molar-refractivity contribution in [3.05, 3.63) is 48.2 Å². The summed E-state index contributed by atoms with van der Waals surface area (Å²) in [6, 6.07) is 12.5. The van der Waals surface area contributed by atoms with Crippen molar-refractivity contribution in [1.29, 1.82) is 0 Å². The fourth-order valence-electron chi connectivity index (χ4n) is 4.46. The zero-order valence-corrected chi connectivity index (χ0v) is 16.3. The molecule has 3 heterocycles. The molecule has 4 rings (SSSR count). The third-order valence-corrected chi connectivity index (χ3v) is 6.11. The number of piperazine rings is 1. The number of likely N-dealkylation sites (N-methyl/N-ethyl adjacent to an activating group) is 1. The van der Waals surface area contributed by atoms with Crippen LogP contribution in [0.2, 0.25) is 0 Å². The molecule has 0 spiro atoms. The lowest BCUT2D eigenvalue weighted by molar-refractivity contribution is 0.116. The zero-order chi connectivity index (χ0) is 18.6. The van der Waals surface area contributed by atoms with Gasteiger partial charge in [-0.15, -0.1) is 0 Å². The van der Waals surface area contributed by atoms with Gasteiger partial charge in [-0.05, 0) is 42.6 Å². The molecule has 1 N–H and O–H groups in total. The molecular weight excluding hydrogens is 338 g/mol. The number of aliphatic hydroxyl groups excluding tert-OH is 1. The number of hydrogen-bond donors (Lipinski definition) is 1. The highest BCUT2D eigenvalue weighted by molar-refractivity contribution is 5.58. The van der Waals surface area contributed by atoms with Gasteiger partial charge in [-0.3, -0.25) is 4.90 Å². The summed E-state index contributed by atoms with van der Waals surface area (Å²) in [7, 11) is 2.20. The lowest BCUT2D eigenvalue weighted by Gasteiger charge is -2.34. The van der Waals surface area contributed by atoms with Gasteiger partial charge >= 0.3 is 0 Å². The topological polar surface area (TPSA) is 43.1 Å². The average Bonchev–Trinajstić information content (AvgIpc) is 3.34. The molecule has 2 atom stereocenters. The van der Waals surface area contributed by atoms with Gasteiger partial charge in [0.2, 0.25) is 0 Å². The lowest BCUT2D eigenvalue weighted by Crippen LogP contribution is -2.47. The van der Waals surface area contributed by atoms with Crippen LogP contribution in [0.4, 0.5) is 0 Å². The monoisotopic (exact) mass is 369 g/mol. The van der Waals surface area contributed by atoms with E-state index in [0.29, 0.717) is 18.4 Å². The Bertz CT molecular complexity index is 710. The summed E-state index contributed by atoms with van der Waals surface area (Å²) in [5, 5.41) is 9.90. The van der Waals surface area contributed by atoms with E-state index in [2.05, 4.69) is 46.0 Å². The van der Waals surface area contributed by atoms with Crippen LogP contribution in [0, 0.1) is 11.8 Å². The minimum absolute atomic E-state index is 0.293. The van der Waals surface area contributed by atoms with Crippen LogP contribution in [0.5, 0.6) is 0 Å². The van der Waals surface area contributed by atoms with Gasteiger partial charge in [-0.1, -0.05) is 18.2 Å². The molecular formula is C22H31N3O2. The predicted molar refractivity (Wildman–Crippen MR) is 107 cm³/mol. The Morgan fingerprint density at radius 1 is 1.00 bits per heavy atom. The van der Waals surface area contributed by atoms with E-state index in [1.54, 1.807) is 6.26 Å². The number of furan rings is 1. The maximum Gasteiger partial charge on any atom is 0.133 e. The number of hydrogen-bond acceptors (Lipinski definition) is 5. The van der Waals surface area contributed by atoms with Crippen molar-refractivity contribution in [3.8, 4) is 11.3 Å². The minimum atomic E-state index is 0.293. The molecule has 5 nitrogen and oxygen atoms in total. The second kappa shape index (κ2) is 8.57. The van der Waals surface area contributed by atoms with Crippen LogP contribution in [0.3, 0.4) is 0 Å². The highest BCUT2D eigenvalue weighted by atomic mass is 16.3. The standard InChI is InChI=1S/C22H31N3O2/c1-23-7-9-24(10-8-23)14-20-15-25(16-21(20)17-26)13-18-4-2-5-19(12-18)22-6-3-11-27-22/h2-6,11-12,20-21,26H,7-10,13-17H2,1H3/t20-,21-/m1/s1. The van der Waals surface area contributed by atoms with Crippen LogP contribution in [0.25, 0.3) is 11.3 Å². The number of benzene rings is 1. The molecule has 146 valence electrons. The first kappa shape index (κ1) is 18.7. The largest absolute Gasteiger partial charge is 0.464 e. The fourth-order valence-corrected chi connectivity index (χ4v) is 4.46. The van der Waals surface area contributed by atoms with Crippen molar-refractivity contribution < 1.29 is 9.52 Å². The summed E-state index contributed by atoms with van der Waals surface area (Å²) < 4.78 is 5.53. The molecule has 0 radical (unpaired) electrons. The third-order valence-electron chi connectivity index (χ3n) is 6.11. The smallest absolute Gasteiger partial charge is 0.133 e. The van der Waals surface area contributed by atoms with Crippen molar-refractivity contribution in [3.63, 3.8) is 0 Å². The molecule has 2 saturated heterocycles. The first-order valence-electron chi connectivity index (χ1n) is 10.1.